The molecule has 0 atom stereocenters. The van der Waals surface area contributed by atoms with Crippen molar-refractivity contribution in [1.29, 1.82) is 0 Å². The van der Waals surface area contributed by atoms with Crippen molar-refractivity contribution in [3.05, 3.63) is 194 Å². The standard InChI is InChI=1S/C54H32N8/c1-3-15-33(16-4-1)59-44-23-11-8-20-36(44)40-30-50-41(29-49(40)59)37-21-9-13-25-46(37)62(50)54-56-32-42-43(58-54)31-55-53(57-42)61-47-26-14-10-22-39(47)51-48(61)28-27-38-35-19-7-12-24-45(35)60(52(38)51)34-17-5-2-6-18-34/h1-32H. The van der Waals surface area contributed by atoms with Crippen LogP contribution >= 0.6 is 0 Å². The third-order valence-electron chi connectivity index (χ3n) is 12.7. The Morgan fingerprint density at radius 3 is 1.29 bits per heavy atom. The lowest BCUT2D eigenvalue weighted by molar-refractivity contribution is 0.975. The fourth-order valence-electron chi connectivity index (χ4n) is 10.1. The Hall–Kier alpha value is -8.62. The van der Waals surface area contributed by atoms with Crippen molar-refractivity contribution in [3.8, 4) is 23.3 Å². The maximum Gasteiger partial charge on any atom is 0.235 e. The Morgan fingerprint density at radius 1 is 0.290 bits per heavy atom. The fraction of sp³-hybridized carbons (Fsp3) is 0. The molecular formula is C54H32N8. The first kappa shape index (κ1) is 33.2. The molecule has 6 heterocycles. The number of rotatable bonds is 4. The van der Waals surface area contributed by atoms with Gasteiger partial charge in [-0.3, -0.25) is 9.13 Å². The summed E-state index contributed by atoms with van der Waals surface area (Å²) >= 11 is 0. The van der Waals surface area contributed by atoms with Crippen molar-refractivity contribution < 1.29 is 0 Å². The van der Waals surface area contributed by atoms with Crippen LogP contribution in [-0.2, 0) is 0 Å². The van der Waals surface area contributed by atoms with Crippen molar-refractivity contribution in [2.45, 2.75) is 0 Å². The molecule has 0 saturated carbocycles. The maximum atomic E-state index is 5.18. The lowest BCUT2D eigenvalue weighted by Gasteiger charge is -2.10. The molecule has 0 aliphatic rings. The van der Waals surface area contributed by atoms with E-state index in [4.69, 9.17) is 19.9 Å². The zero-order valence-electron chi connectivity index (χ0n) is 33.1. The minimum Gasteiger partial charge on any atom is -0.309 e. The molecule has 0 aliphatic heterocycles. The molecule has 14 aromatic rings. The molecule has 0 bridgehead atoms. The zero-order valence-corrected chi connectivity index (χ0v) is 33.1. The second-order valence-electron chi connectivity index (χ2n) is 15.9. The van der Waals surface area contributed by atoms with E-state index in [0.717, 1.165) is 66.0 Å². The van der Waals surface area contributed by atoms with Crippen LogP contribution in [0, 0.1) is 0 Å². The van der Waals surface area contributed by atoms with Gasteiger partial charge in [-0.2, -0.15) is 0 Å². The highest BCUT2D eigenvalue weighted by Crippen LogP contribution is 2.42. The van der Waals surface area contributed by atoms with Crippen LogP contribution in [-0.4, -0.2) is 38.2 Å². The van der Waals surface area contributed by atoms with Gasteiger partial charge in [0.05, 0.1) is 56.5 Å². The Kier molecular flexibility index (Phi) is 6.68. The molecule has 0 amide bonds. The van der Waals surface area contributed by atoms with E-state index in [9.17, 15) is 0 Å². The molecule has 8 aromatic carbocycles. The highest BCUT2D eigenvalue weighted by molar-refractivity contribution is 6.26. The zero-order chi connectivity index (χ0) is 40.5. The van der Waals surface area contributed by atoms with E-state index in [2.05, 4.69) is 200 Å². The number of nitrogens with zero attached hydrogens (tertiary/aromatic N) is 8. The third kappa shape index (κ3) is 4.49. The molecule has 8 heteroatoms. The predicted molar refractivity (Wildman–Crippen MR) is 252 cm³/mol. The van der Waals surface area contributed by atoms with Crippen LogP contribution in [0.15, 0.2) is 194 Å². The maximum absolute atomic E-state index is 5.18. The highest BCUT2D eigenvalue weighted by atomic mass is 15.2. The minimum absolute atomic E-state index is 0.566. The number of aromatic nitrogens is 8. The topological polar surface area (TPSA) is 71.3 Å². The minimum atomic E-state index is 0.566. The number of benzene rings is 8. The van der Waals surface area contributed by atoms with Gasteiger partial charge in [-0.1, -0.05) is 115 Å². The first-order valence-corrected chi connectivity index (χ1v) is 20.8. The van der Waals surface area contributed by atoms with E-state index in [0.29, 0.717) is 22.9 Å². The molecule has 6 aromatic heterocycles. The molecule has 288 valence electrons. The quantitative estimate of drug-likeness (QED) is 0.178. The van der Waals surface area contributed by atoms with E-state index in [-0.39, 0.29) is 0 Å². The van der Waals surface area contributed by atoms with Crippen LogP contribution in [0.5, 0.6) is 0 Å². The smallest absolute Gasteiger partial charge is 0.235 e. The van der Waals surface area contributed by atoms with Crippen LogP contribution in [0.4, 0.5) is 0 Å². The first-order chi connectivity index (χ1) is 30.8. The summed E-state index contributed by atoms with van der Waals surface area (Å²) in [5.74, 6) is 1.13. The summed E-state index contributed by atoms with van der Waals surface area (Å²) in [7, 11) is 0. The Labute approximate surface area is 352 Å². The first-order valence-electron chi connectivity index (χ1n) is 20.8. The molecule has 0 unspecified atom stereocenters. The van der Waals surface area contributed by atoms with Crippen molar-refractivity contribution in [2.75, 3.05) is 0 Å². The highest BCUT2D eigenvalue weighted by Gasteiger charge is 2.23. The lowest BCUT2D eigenvalue weighted by atomic mass is 10.1. The van der Waals surface area contributed by atoms with Gasteiger partial charge < -0.3 is 9.13 Å². The molecule has 0 saturated heterocycles. The molecular weight excluding hydrogens is 761 g/mol. The van der Waals surface area contributed by atoms with Crippen molar-refractivity contribution in [1.82, 2.24) is 38.2 Å². The number of fused-ring (bicyclic) bond motifs is 14. The summed E-state index contributed by atoms with van der Waals surface area (Å²) in [4.78, 5) is 20.5. The number of hydrogen-bond donors (Lipinski definition) is 0. The normalized spacial score (nSPS) is 12.2. The van der Waals surface area contributed by atoms with Crippen molar-refractivity contribution in [2.24, 2.45) is 0 Å². The molecule has 0 aliphatic carbocycles. The monoisotopic (exact) mass is 792 g/mol. The summed E-state index contributed by atoms with van der Waals surface area (Å²) < 4.78 is 9.10. The van der Waals surface area contributed by atoms with Crippen LogP contribution in [0.3, 0.4) is 0 Å². The molecule has 0 fully saturated rings. The van der Waals surface area contributed by atoms with Gasteiger partial charge in [0, 0.05) is 54.5 Å². The average molecular weight is 793 g/mol. The lowest BCUT2D eigenvalue weighted by Crippen LogP contribution is -2.05. The average Bonchev–Trinajstić information content (AvgIpc) is 4.06. The molecule has 62 heavy (non-hydrogen) atoms. The van der Waals surface area contributed by atoms with Crippen LogP contribution in [0.1, 0.15) is 0 Å². The van der Waals surface area contributed by atoms with E-state index in [1.54, 1.807) is 0 Å². The predicted octanol–water partition coefficient (Wildman–Crippen LogP) is 12.8. The molecule has 0 N–H and O–H groups in total. The van der Waals surface area contributed by atoms with Crippen molar-refractivity contribution >= 4 is 98.3 Å². The van der Waals surface area contributed by atoms with Gasteiger partial charge in [0.25, 0.3) is 0 Å². The summed E-state index contributed by atoms with van der Waals surface area (Å²) in [6.45, 7) is 0. The molecule has 14 rings (SSSR count). The van der Waals surface area contributed by atoms with Gasteiger partial charge in [0.1, 0.15) is 11.0 Å². The van der Waals surface area contributed by atoms with Gasteiger partial charge in [-0.25, -0.2) is 19.9 Å². The van der Waals surface area contributed by atoms with E-state index in [1.165, 1.54) is 32.6 Å². The van der Waals surface area contributed by atoms with Gasteiger partial charge >= 0.3 is 0 Å². The van der Waals surface area contributed by atoms with Crippen LogP contribution in [0.25, 0.3) is 122 Å². The van der Waals surface area contributed by atoms with Crippen molar-refractivity contribution in [3.63, 3.8) is 0 Å². The van der Waals surface area contributed by atoms with Crippen LogP contribution < -0.4 is 0 Å². The molecule has 8 nitrogen and oxygen atoms in total. The van der Waals surface area contributed by atoms with Gasteiger partial charge in [-0.15, -0.1) is 0 Å². The summed E-state index contributed by atoms with van der Waals surface area (Å²) in [6.07, 6.45) is 3.67. The Bertz CT molecular complexity index is 4150. The molecule has 0 radical (unpaired) electrons. The van der Waals surface area contributed by atoms with Gasteiger partial charge in [0.2, 0.25) is 11.9 Å². The second-order valence-corrected chi connectivity index (χ2v) is 15.9. The van der Waals surface area contributed by atoms with E-state index in [1.807, 2.05) is 12.4 Å². The van der Waals surface area contributed by atoms with Gasteiger partial charge in [-0.05, 0) is 66.7 Å². The number of para-hydroxylation sites is 6. The summed E-state index contributed by atoms with van der Waals surface area (Å²) in [5.41, 5.74) is 12.3. The Morgan fingerprint density at radius 2 is 0.710 bits per heavy atom. The fourth-order valence-corrected chi connectivity index (χ4v) is 10.1. The summed E-state index contributed by atoms with van der Waals surface area (Å²) in [6, 6.07) is 64.6. The third-order valence-corrected chi connectivity index (χ3v) is 12.7. The largest absolute Gasteiger partial charge is 0.309 e. The Balaban J connectivity index is 0.973. The summed E-state index contributed by atoms with van der Waals surface area (Å²) in [5, 5.41) is 9.34. The van der Waals surface area contributed by atoms with E-state index >= 15 is 0 Å². The van der Waals surface area contributed by atoms with Crippen LogP contribution in [0.2, 0.25) is 0 Å². The molecule has 0 spiro atoms. The SMILES string of the molecule is c1ccc(-n2c3ccccc3c3cc4c(cc32)c2ccccc2n4-c2ncc3nc(-n4c5ccccc5c5c4ccc4c6ccccc6n(-c6ccccc6)c45)ncc3n2)cc1. The number of hydrogen-bond acceptors (Lipinski definition) is 4. The van der Waals surface area contributed by atoms with E-state index < -0.39 is 0 Å². The van der Waals surface area contributed by atoms with Gasteiger partial charge in [0.15, 0.2) is 0 Å². The second kappa shape index (κ2) is 12.5.